The van der Waals surface area contributed by atoms with Crippen molar-refractivity contribution in [1.29, 1.82) is 0 Å². The van der Waals surface area contributed by atoms with E-state index in [0.717, 1.165) is 0 Å². The van der Waals surface area contributed by atoms with Gasteiger partial charge in [-0.15, -0.1) is 0 Å². The summed E-state index contributed by atoms with van der Waals surface area (Å²) in [6, 6.07) is 12.9. The number of hydrogen-bond acceptors (Lipinski definition) is 2. The number of carbonyl (C=O) groups excluding carboxylic acids is 1. The molecule has 0 fully saturated rings. The predicted molar refractivity (Wildman–Crippen MR) is 69.8 cm³/mol. The Balaban J connectivity index is 2.34. The molecule has 21 heavy (non-hydrogen) atoms. The summed E-state index contributed by atoms with van der Waals surface area (Å²) in [6.07, 6.45) is -5.92. The summed E-state index contributed by atoms with van der Waals surface area (Å²) < 4.78 is 46.3. The van der Waals surface area contributed by atoms with Crippen molar-refractivity contribution in [3.63, 3.8) is 0 Å². The first-order valence-electron chi connectivity index (χ1n) is 6.17. The predicted octanol–water partition coefficient (Wildman–Crippen LogP) is 4.05. The summed E-state index contributed by atoms with van der Waals surface area (Å²) in [5.74, 6) is 0. The molecule has 0 radical (unpaired) electrons. The van der Waals surface area contributed by atoms with Crippen LogP contribution < -0.4 is 5.32 Å². The Morgan fingerprint density at radius 2 is 1.57 bits per heavy atom. The number of para-hydroxylation sites is 1. The molecule has 3 nitrogen and oxygen atoms in total. The van der Waals surface area contributed by atoms with Crippen LogP contribution in [0.15, 0.2) is 54.6 Å². The van der Waals surface area contributed by atoms with E-state index in [9.17, 15) is 18.0 Å². The lowest BCUT2D eigenvalue weighted by atomic mass is 9.83. The number of halogens is 3. The lowest BCUT2D eigenvalue weighted by Crippen LogP contribution is -2.51. The van der Waals surface area contributed by atoms with Crippen molar-refractivity contribution in [2.45, 2.75) is 11.8 Å². The van der Waals surface area contributed by atoms with E-state index in [1.807, 2.05) is 0 Å². The molecule has 1 aliphatic rings. The Kier molecular flexibility index (Phi) is 2.90. The number of carbonyl (C=O) groups is 1. The largest absolute Gasteiger partial charge is 0.437 e. The summed E-state index contributed by atoms with van der Waals surface area (Å²) in [4.78, 5) is 11.6. The topological polar surface area (TPSA) is 38.3 Å². The fourth-order valence-electron chi connectivity index (χ4n) is 2.49. The number of fused-ring (bicyclic) bond motifs is 1. The SMILES string of the molecule is O=C1Nc2ccccc2C(c2ccccc2)(C(F)(F)F)O1. The standard InChI is InChI=1S/C15H10F3NO2/c16-15(17,18)14(10-6-2-1-3-7-10)11-8-4-5-9-12(11)19-13(20)21-14/h1-9H,(H,19,20). The molecule has 2 aromatic carbocycles. The van der Waals surface area contributed by atoms with Gasteiger partial charge in [-0.25, -0.2) is 4.79 Å². The first-order chi connectivity index (χ1) is 9.95. The molecule has 2 aromatic rings. The zero-order valence-electron chi connectivity index (χ0n) is 10.6. The number of ether oxygens (including phenoxy) is 1. The molecule has 0 aliphatic carbocycles. The highest BCUT2D eigenvalue weighted by molar-refractivity contribution is 5.89. The van der Waals surface area contributed by atoms with Gasteiger partial charge in [-0.05, 0) is 6.07 Å². The highest BCUT2D eigenvalue weighted by Crippen LogP contribution is 2.51. The van der Waals surface area contributed by atoms with Crippen molar-refractivity contribution in [2.75, 3.05) is 5.32 Å². The number of benzene rings is 2. The van der Waals surface area contributed by atoms with Crippen molar-refractivity contribution < 1.29 is 22.7 Å². The molecule has 1 heterocycles. The van der Waals surface area contributed by atoms with Gasteiger partial charge in [0.1, 0.15) is 0 Å². The van der Waals surface area contributed by atoms with E-state index in [2.05, 4.69) is 5.32 Å². The number of alkyl halides is 3. The maximum absolute atomic E-state index is 13.8. The van der Waals surface area contributed by atoms with Gasteiger partial charge >= 0.3 is 12.3 Å². The van der Waals surface area contributed by atoms with Crippen molar-refractivity contribution in [3.8, 4) is 0 Å². The van der Waals surface area contributed by atoms with E-state index in [0.29, 0.717) is 0 Å². The van der Waals surface area contributed by atoms with E-state index >= 15 is 0 Å². The molecule has 108 valence electrons. The summed E-state index contributed by atoms with van der Waals surface area (Å²) >= 11 is 0. The molecule has 1 unspecified atom stereocenters. The van der Waals surface area contributed by atoms with E-state index < -0.39 is 17.9 Å². The lowest BCUT2D eigenvalue weighted by Gasteiger charge is -2.39. The molecule has 0 bridgehead atoms. The number of hydrogen-bond donors (Lipinski definition) is 1. The van der Waals surface area contributed by atoms with Crippen LogP contribution in [0.5, 0.6) is 0 Å². The van der Waals surface area contributed by atoms with Crippen LogP contribution in [0.25, 0.3) is 0 Å². The summed E-state index contributed by atoms with van der Waals surface area (Å²) in [5, 5.41) is 2.30. The number of amides is 1. The van der Waals surface area contributed by atoms with Crippen LogP contribution in [0.2, 0.25) is 0 Å². The minimum absolute atomic E-state index is 0.0925. The quantitative estimate of drug-likeness (QED) is 0.861. The van der Waals surface area contributed by atoms with Crippen LogP contribution in [-0.2, 0) is 10.3 Å². The van der Waals surface area contributed by atoms with Gasteiger partial charge in [0.15, 0.2) is 0 Å². The zero-order chi connectivity index (χ0) is 15.1. The van der Waals surface area contributed by atoms with Crippen LogP contribution >= 0.6 is 0 Å². The van der Waals surface area contributed by atoms with Gasteiger partial charge in [-0.3, -0.25) is 5.32 Å². The molecule has 1 aliphatic heterocycles. The molecule has 1 amide bonds. The van der Waals surface area contributed by atoms with Gasteiger partial charge in [0.2, 0.25) is 0 Å². The van der Waals surface area contributed by atoms with Crippen molar-refractivity contribution in [2.24, 2.45) is 0 Å². The number of nitrogens with one attached hydrogen (secondary N) is 1. The monoisotopic (exact) mass is 293 g/mol. The van der Waals surface area contributed by atoms with Crippen LogP contribution in [0, 0.1) is 0 Å². The lowest BCUT2D eigenvalue weighted by molar-refractivity contribution is -0.246. The second-order valence-corrected chi connectivity index (χ2v) is 4.61. The molecular weight excluding hydrogens is 283 g/mol. The molecule has 3 rings (SSSR count). The fourth-order valence-corrected chi connectivity index (χ4v) is 2.49. The molecule has 0 saturated heterocycles. The number of rotatable bonds is 1. The first-order valence-corrected chi connectivity index (χ1v) is 6.17. The van der Waals surface area contributed by atoms with Gasteiger partial charge in [-0.2, -0.15) is 13.2 Å². The third kappa shape index (κ3) is 1.94. The first kappa shape index (κ1) is 13.5. The molecule has 0 spiro atoms. The minimum atomic E-state index is -4.79. The third-order valence-electron chi connectivity index (χ3n) is 3.37. The molecule has 1 N–H and O–H groups in total. The number of anilines is 1. The van der Waals surface area contributed by atoms with Gasteiger partial charge < -0.3 is 4.74 Å². The Labute approximate surface area is 118 Å². The van der Waals surface area contributed by atoms with Crippen molar-refractivity contribution >= 4 is 11.8 Å². The highest BCUT2D eigenvalue weighted by Gasteiger charge is 2.63. The van der Waals surface area contributed by atoms with Gasteiger partial charge in [0, 0.05) is 11.1 Å². The Bertz CT molecular complexity index is 685. The Hall–Kier alpha value is -2.50. The summed E-state index contributed by atoms with van der Waals surface area (Å²) in [7, 11) is 0. The van der Waals surface area contributed by atoms with Gasteiger partial charge in [-0.1, -0.05) is 48.5 Å². The zero-order valence-corrected chi connectivity index (χ0v) is 10.6. The minimum Gasteiger partial charge on any atom is -0.423 e. The van der Waals surface area contributed by atoms with Crippen LogP contribution in [0.1, 0.15) is 11.1 Å². The smallest absolute Gasteiger partial charge is 0.423 e. The molecular formula is C15H10F3NO2. The van der Waals surface area contributed by atoms with Crippen molar-refractivity contribution in [1.82, 2.24) is 0 Å². The Morgan fingerprint density at radius 3 is 2.24 bits per heavy atom. The van der Waals surface area contributed by atoms with E-state index in [4.69, 9.17) is 4.74 Å². The average Bonchev–Trinajstić information content (AvgIpc) is 2.46. The van der Waals surface area contributed by atoms with Crippen LogP contribution in [0.3, 0.4) is 0 Å². The highest BCUT2D eigenvalue weighted by atomic mass is 19.4. The van der Waals surface area contributed by atoms with Gasteiger partial charge in [0.25, 0.3) is 5.60 Å². The maximum Gasteiger partial charge on any atom is 0.437 e. The van der Waals surface area contributed by atoms with Gasteiger partial charge in [0.05, 0.1) is 5.69 Å². The van der Waals surface area contributed by atoms with E-state index in [1.54, 1.807) is 12.1 Å². The van der Waals surface area contributed by atoms with E-state index in [-0.39, 0.29) is 16.8 Å². The van der Waals surface area contributed by atoms with Crippen molar-refractivity contribution in [3.05, 3.63) is 65.7 Å². The number of cyclic esters (lactones) is 1. The Morgan fingerprint density at radius 1 is 0.952 bits per heavy atom. The third-order valence-corrected chi connectivity index (χ3v) is 3.37. The molecule has 1 atom stereocenters. The van der Waals surface area contributed by atoms with Crippen LogP contribution in [0.4, 0.5) is 23.7 Å². The average molecular weight is 293 g/mol. The molecule has 0 aromatic heterocycles. The maximum atomic E-state index is 13.8. The second-order valence-electron chi connectivity index (χ2n) is 4.61. The summed E-state index contributed by atoms with van der Waals surface area (Å²) in [5.41, 5.74) is -2.98. The summed E-state index contributed by atoms with van der Waals surface area (Å²) in [6.45, 7) is 0. The fraction of sp³-hybridized carbons (Fsp3) is 0.133. The molecule has 0 saturated carbocycles. The second kappa shape index (κ2) is 4.51. The normalized spacial score (nSPS) is 21.2. The molecule has 6 heteroatoms. The van der Waals surface area contributed by atoms with Crippen LogP contribution in [-0.4, -0.2) is 12.3 Å². The van der Waals surface area contributed by atoms with E-state index in [1.165, 1.54) is 42.5 Å².